The van der Waals surface area contributed by atoms with E-state index in [1.165, 1.54) is 6.42 Å². The lowest BCUT2D eigenvalue weighted by Gasteiger charge is -2.37. The Kier molecular flexibility index (Phi) is 5.16. The fourth-order valence-corrected chi connectivity index (χ4v) is 4.28. The van der Waals surface area contributed by atoms with E-state index in [9.17, 15) is 4.79 Å². The number of rotatable bonds is 4. The molecule has 2 aromatic carbocycles. The van der Waals surface area contributed by atoms with Crippen LogP contribution in [0.5, 0.6) is 0 Å². The Morgan fingerprint density at radius 3 is 2.52 bits per heavy atom. The van der Waals surface area contributed by atoms with Crippen LogP contribution in [0, 0.1) is 11.8 Å². The number of nitrogens with two attached hydrogens (primary N) is 1. The highest BCUT2D eigenvalue weighted by Crippen LogP contribution is 2.37. The molecule has 1 aromatic heterocycles. The number of primary amides is 1. The molecule has 0 saturated carbocycles. The van der Waals surface area contributed by atoms with Crippen LogP contribution in [-0.2, 0) is 0 Å². The number of carbonyl (C=O) groups excluding carboxylic acids is 1. The second-order valence-electron chi connectivity index (χ2n) is 7.85. The molecule has 1 fully saturated rings. The van der Waals surface area contributed by atoms with Gasteiger partial charge < -0.3 is 16.0 Å². The molecule has 8 heteroatoms. The topological polar surface area (TPSA) is 113 Å². The van der Waals surface area contributed by atoms with Crippen LogP contribution in [0.3, 0.4) is 0 Å². The maximum Gasteiger partial charge on any atom is 0.316 e. The molecule has 0 spiro atoms. The molecule has 4 rings (SSSR count). The molecule has 0 aliphatic carbocycles. The van der Waals surface area contributed by atoms with Gasteiger partial charge in [-0.25, -0.2) is 4.79 Å². The predicted molar refractivity (Wildman–Crippen MR) is 113 cm³/mol. The van der Waals surface area contributed by atoms with Gasteiger partial charge in [0, 0.05) is 18.7 Å². The number of urea groups is 1. The zero-order valence-electron chi connectivity index (χ0n) is 16.6. The van der Waals surface area contributed by atoms with E-state index in [-0.39, 0.29) is 0 Å². The monoisotopic (exact) mass is 391 g/mol. The maximum atomic E-state index is 11.7. The second kappa shape index (κ2) is 7.90. The molecule has 1 saturated heterocycles. The van der Waals surface area contributed by atoms with E-state index in [2.05, 4.69) is 56.8 Å². The van der Waals surface area contributed by atoms with Crippen LogP contribution in [-0.4, -0.2) is 39.7 Å². The van der Waals surface area contributed by atoms with Gasteiger partial charge in [-0.3, -0.25) is 0 Å². The summed E-state index contributed by atoms with van der Waals surface area (Å²) < 4.78 is 0. The fraction of sp³-hybridized carbons (Fsp3) is 0.333. The summed E-state index contributed by atoms with van der Waals surface area (Å²) in [5.74, 6) is 1.71. The molecule has 0 bridgehead atoms. The first-order valence-corrected chi connectivity index (χ1v) is 9.80. The van der Waals surface area contributed by atoms with Gasteiger partial charge in [-0.1, -0.05) is 44.2 Å². The number of aromatic nitrogens is 4. The van der Waals surface area contributed by atoms with Gasteiger partial charge in [0.25, 0.3) is 0 Å². The Hall–Kier alpha value is -3.42. The molecule has 3 aromatic rings. The van der Waals surface area contributed by atoms with Crippen LogP contribution in [0.4, 0.5) is 16.2 Å². The number of piperidine rings is 1. The molecule has 29 heavy (non-hydrogen) atoms. The van der Waals surface area contributed by atoms with Crippen LogP contribution < -0.4 is 16.0 Å². The fourth-order valence-electron chi connectivity index (χ4n) is 4.28. The summed E-state index contributed by atoms with van der Waals surface area (Å²) in [5, 5.41) is 17.2. The maximum absolute atomic E-state index is 11.7. The Labute approximate surface area is 169 Å². The van der Waals surface area contributed by atoms with E-state index >= 15 is 0 Å². The molecule has 1 aliphatic heterocycles. The van der Waals surface area contributed by atoms with E-state index in [1.54, 1.807) is 0 Å². The average molecular weight is 391 g/mol. The molecular weight excluding hydrogens is 366 g/mol. The summed E-state index contributed by atoms with van der Waals surface area (Å²) in [7, 11) is 0. The number of anilines is 2. The zero-order valence-corrected chi connectivity index (χ0v) is 16.6. The molecule has 2 unspecified atom stereocenters. The van der Waals surface area contributed by atoms with Gasteiger partial charge in [-0.15, -0.1) is 10.2 Å². The smallest absolute Gasteiger partial charge is 0.316 e. The van der Waals surface area contributed by atoms with Gasteiger partial charge in [0.05, 0.1) is 11.4 Å². The summed E-state index contributed by atoms with van der Waals surface area (Å²) in [6.07, 6.45) is 1.21. The third kappa shape index (κ3) is 4.06. The first-order valence-electron chi connectivity index (χ1n) is 9.80. The first-order chi connectivity index (χ1) is 14.0. The molecule has 150 valence electrons. The largest absolute Gasteiger partial charge is 0.369 e. The van der Waals surface area contributed by atoms with Crippen molar-refractivity contribution < 1.29 is 4.79 Å². The number of carbonyl (C=O) groups is 1. The van der Waals surface area contributed by atoms with Gasteiger partial charge in [-0.2, -0.15) is 5.21 Å². The molecule has 0 radical (unpaired) electrons. The van der Waals surface area contributed by atoms with Gasteiger partial charge in [0.15, 0.2) is 0 Å². The average Bonchev–Trinajstić information content (AvgIpc) is 3.21. The molecule has 2 heterocycles. The van der Waals surface area contributed by atoms with E-state index < -0.39 is 6.03 Å². The van der Waals surface area contributed by atoms with Crippen molar-refractivity contribution in [1.29, 1.82) is 0 Å². The Bertz CT molecular complexity index is 992. The first kappa shape index (κ1) is 18.9. The Morgan fingerprint density at radius 2 is 1.86 bits per heavy atom. The van der Waals surface area contributed by atoms with Crippen LogP contribution in [0.25, 0.3) is 22.5 Å². The minimum absolute atomic E-state index is 0.521. The molecule has 1 aliphatic rings. The van der Waals surface area contributed by atoms with Crippen LogP contribution in [0.15, 0.2) is 42.5 Å². The lowest BCUT2D eigenvalue weighted by molar-refractivity contribution is 0.259. The SMILES string of the molecule is CC1CC(C)CN(c2ccc(-c3ccccc3-c3nn[nH]n3)cc2NC(N)=O)C1. The molecule has 8 nitrogen and oxygen atoms in total. The number of tetrazole rings is 1. The highest BCUT2D eigenvalue weighted by atomic mass is 16.2. The Morgan fingerprint density at radius 1 is 1.14 bits per heavy atom. The minimum atomic E-state index is -0.576. The van der Waals surface area contributed by atoms with Crippen molar-refractivity contribution >= 4 is 17.4 Å². The summed E-state index contributed by atoms with van der Waals surface area (Å²) in [6, 6.07) is 13.3. The Balaban J connectivity index is 1.77. The summed E-state index contributed by atoms with van der Waals surface area (Å²) in [5.41, 5.74) is 9.92. The van der Waals surface area contributed by atoms with E-state index in [1.807, 2.05) is 30.3 Å². The number of nitrogens with one attached hydrogen (secondary N) is 2. The predicted octanol–water partition coefficient (Wildman–Crippen LogP) is 3.51. The van der Waals surface area contributed by atoms with Gasteiger partial charge >= 0.3 is 6.03 Å². The van der Waals surface area contributed by atoms with E-state index in [4.69, 9.17) is 5.73 Å². The van der Waals surface area contributed by atoms with Crippen LogP contribution in [0.1, 0.15) is 20.3 Å². The standard InChI is InChI=1S/C21H25N7O/c1-13-9-14(2)12-28(11-13)19-8-7-15(10-18(19)23-21(22)29)16-5-3-4-6-17(16)20-24-26-27-25-20/h3-8,10,13-14H,9,11-12H2,1-2H3,(H3,22,23,29)(H,24,25,26,27). The van der Waals surface area contributed by atoms with Crippen molar-refractivity contribution in [1.82, 2.24) is 20.6 Å². The molecule has 2 amide bonds. The minimum Gasteiger partial charge on any atom is -0.369 e. The highest BCUT2D eigenvalue weighted by Gasteiger charge is 2.24. The van der Waals surface area contributed by atoms with Gasteiger partial charge in [0.1, 0.15) is 0 Å². The van der Waals surface area contributed by atoms with E-state index in [0.717, 1.165) is 35.5 Å². The number of nitrogens with zero attached hydrogens (tertiary/aromatic N) is 4. The summed E-state index contributed by atoms with van der Waals surface area (Å²) >= 11 is 0. The number of H-pyrrole nitrogens is 1. The van der Waals surface area contributed by atoms with Crippen LogP contribution in [0.2, 0.25) is 0 Å². The third-order valence-electron chi connectivity index (χ3n) is 5.29. The summed E-state index contributed by atoms with van der Waals surface area (Å²) in [6.45, 7) is 6.44. The molecule has 2 atom stereocenters. The van der Waals surface area contributed by atoms with Crippen molar-refractivity contribution in [3.8, 4) is 22.5 Å². The summed E-state index contributed by atoms with van der Waals surface area (Å²) in [4.78, 5) is 14.0. The molecular formula is C21H25N7O. The lowest BCUT2D eigenvalue weighted by Crippen LogP contribution is -2.39. The number of hydrogen-bond donors (Lipinski definition) is 3. The second-order valence-corrected chi connectivity index (χ2v) is 7.85. The highest BCUT2D eigenvalue weighted by molar-refractivity contribution is 5.94. The third-order valence-corrected chi connectivity index (χ3v) is 5.29. The van der Waals surface area contributed by atoms with Crippen molar-refractivity contribution in [3.05, 3.63) is 42.5 Å². The normalized spacial score (nSPS) is 19.2. The number of benzene rings is 2. The molecule has 4 N–H and O–H groups in total. The van der Waals surface area contributed by atoms with Crippen molar-refractivity contribution in [2.75, 3.05) is 23.3 Å². The number of aromatic amines is 1. The van der Waals surface area contributed by atoms with Crippen LogP contribution >= 0.6 is 0 Å². The van der Waals surface area contributed by atoms with Gasteiger partial charge in [-0.05, 0) is 46.7 Å². The lowest BCUT2D eigenvalue weighted by atomic mass is 9.91. The van der Waals surface area contributed by atoms with Crippen molar-refractivity contribution in [3.63, 3.8) is 0 Å². The van der Waals surface area contributed by atoms with Gasteiger partial charge in [0.2, 0.25) is 5.82 Å². The quantitative estimate of drug-likeness (QED) is 0.630. The van der Waals surface area contributed by atoms with E-state index in [0.29, 0.717) is 23.3 Å². The zero-order chi connectivity index (χ0) is 20.4. The van der Waals surface area contributed by atoms with Crippen molar-refractivity contribution in [2.45, 2.75) is 20.3 Å². The van der Waals surface area contributed by atoms with Crippen molar-refractivity contribution in [2.24, 2.45) is 17.6 Å². The number of amides is 2. The number of hydrogen-bond acceptors (Lipinski definition) is 5.